The Balaban J connectivity index is 1.84. The predicted octanol–water partition coefficient (Wildman–Crippen LogP) is 2.71. The zero-order valence-corrected chi connectivity index (χ0v) is 16.9. The fourth-order valence-corrected chi connectivity index (χ4v) is 3.26. The van der Waals surface area contributed by atoms with E-state index in [9.17, 15) is 14.9 Å². The molecule has 1 saturated heterocycles. The van der Waals surface area contributed by atoms with Gasteiger partial charge in [-0.15, -0.1) is 0 Å². The van der Waals surface area contributed by atoms with Crippen molar-refractivity contribution >= 4 is 35.0 Å². The van der Waals surface area contributed by atoms with E-state index in [-0.39, 0.29) is 18.1 Å². The van der Waals surface area contributed by atoms with Crippen molar-refractivity contribution in [3.8, 4) is 5.75 Å². The van der Waals surface area contributed by atoms with Crippen LogP contribution in [0.25, 0.3) is 6.08 Å². The van der Waals surface area contributed by atoms with Crippen molar-refractivity contribution in [3.05, 3.63) is 57.5 Å². The van der Waals surface area contributed by atoms with Crippen molar-refractivity contribution in [1.82, 2.24) is 20.0 Å². The number of nitrogens with zero attached hydrogens (tertiary/aromatic N) is 4. The van der Waals surface area contributed by atoms with E-state index >= 15 is 0 Å². The molecule has 1 N–H and O–H groups in total. The molecule has 1 amide bonds. The molecule has 0 unspecified atom stereocenters. The van der Waals surface area contributed by atoms with Crippen molar-refractivity contribution in [1.29, 1.82) is 0 Å². The third-order valence-corrected chi connectivity index (χ3v) is 4.80. The van der Waals surface area contributed by atoms with Crippen LogP contribution >= 0.6 is 12.2 Å². The fraction of sp³-hybridized carbons (Fsp3) is 0.316. The second-order valence-electron chi connectivity index (χ2n) is 6.52. The number of hydrogen-bond donors (Lipinski definition) is 1. The highest BCUT2D eigenvalue weighted by Gasteiger charge is 2.29. The number of unbranched alkanes of at least 4 members (excludes halogenated alkanes) is 1. The largest absolute Gasteiger partial charge is 0.496 e. The van der Waals surface area contributed by atoms with E-state index in [2.05, 4.69) is 17.3 Å². The molecule has 1 fully saturated rings. The molecule has 0 aliphatic carbocycles. The Labute approximate surface area is 173 Å². The number of thiocarbonyl (C=S) groups is 1. The Bertz CT molecular complexity index is 985. The molecular weight excluding hydrogens is 394 g/mol. The fourth-order valence-electron chi connectivity index (χ4n) is 2.98. The van der Waals surface area contributed by atoms with Gasteiger partial charge in [-0.2, -0.15) is 5.10 Å². The van der Waals surface area contributed by atoms with Gasteiger partial charge in [-0.3, -0.25) is 24.5 Å². The standard InChI is InChI=1S/C19H21N5O4S/c1-3-4-7-23-18(25)16(21-19(23)29)9-13-5-6-17(28-2)14(8-13)11-22-12-15(10-20-22)24(26)27/h5-6,8-10,12H,3-4,7,11H2,1-2H3,(H,21,29)/b16-9+. The number of rotatable bonds is 8. The summed E-state index contributed by atoms with van der Waals surface area (Å²) in [5, 5.41) is 18.2. The molecule has 3 rings (SSSR count). The number of methoxy groups -OCH3 is 1. The monoisotopic (exact) mass is 415 g/mol. The maximum atomic E-state index is 12.6. The van der Waals surface area contributed by atoms with Gasteiger partial charge in [0.2, 0.25) is 0 Å². The molecular formula is C19H21N5O4S. The first kappa shape index (κ1) is 20.5. The lowest BCUT2D eigenvalue weighted by molar-refractivity contribution is -0.385. The summed E-state index contributed by atoms with van der Waals surface area (Å²) in [6.07, 6.45) is 6.14. The Morgan fingerprint density at radius 1 is 1.41 bits per heavy atom. The lowest BCUT2D eigenvalue weighted by Gasteiger charge is -2.12. The van der Waals surface area contributed by atoms with Crippen LogP contribution in [0.4, 0.5) is 5.69 Å². The van der Waals surface area contributed by atoms with E-state index < -0.39 is 4.92 Å². The van der Waals surface area contributed by atoms with Crippen molar-refractivity contribution < 1.29 is 14.5 Å². The Kier molecular flexibility index (Phi) is 6.23. The van der Waals surface area contributed by atoms with Gasteiger partial charge in [0.25, 0.3) is 5.91 Å². The second-order valence-corrected chi connectivity index (χ2v) is 6.91. The van der Waals surface area contributed by atoms with Gasteiger partial charge >= 0.3 is 5.69 Å². The van der Waals surface area contributed by atoms with Crippen LogP contribution < -0.4 is 10.1 Å². The maximum Gasteiger partial charge on any atom is 0.307 e. The number of hydrogen-bond acceptors (Lipinski definition) is 6. The SMILES string of the molecule is CCCCN1C(=O)/C(=C\c2ccc(OC)c(Cn3cc([N+](=O)[O-])cn3)c2)NC1=S. The number of carbonyl (C=O) groups excluding carboxylic acids is 1. The predicted molar refractivity (Wildman–Crippen MR) is 111 cm³/mol. The Morgan fingerprint density at radius 3 is 2.86 bits per heavy atom. The van der Waals surface area contributed by atoms with E-state index in [1.54, 1.807) is 24.2 Å². The maximum absolute atomic E-state index is 12.6. The number of nitrogens with one attached hydrogen (secondary N) is 1. The molecule has 0 atom stereocenters. The van der Waals surface area contributed by atoms with Crippen LogP contribution in [0, 0.1) is 10.1 Å². The molecule has 2 heterocycles. The molecule has 10 heteroatoms. The topological polar surface area (TPSA) is 103 Å². The summed E-state index contributed by atoms with van der Waals surface area (Å²) in [5.41, 5.74) is 1.88. The van der Waals surface area contributed by atoms with Crippen molar-refractivity contribution in [2.75, 3.05) is 13.7 Å². The molecule has 152 valence electrons. The summed E-state index contributed by atoms with van der Waals surface area (Å²) in [5.74, 6) is 0.472. The quantitative estimate of drug-likeness (QED) is 0.306. The number of amides is 1. The minimum atomic E-state index is -0.494. The zero-order chi connectivity index (χ0) is 21.0. The lowest BCUT2D eigenvalue weighted by Crippen LogP contribution is -2.31. The number of nitro groups is 1. The summed E-state index contributed by atoms with van der Waals surface area (Å²) < 4.78 is 6.85. The van der Waals surface area contributed by atoms with Crippen molar-refractivity contribution in [2.24, 2.45) is 0 Å². The van der Waals surface area contributed by atoms with E-state index in [1.807, 2.05) is 12.1 Å². The molecule has 1 aliphatic heterocycles. The summed E-state index contributed by atoms with van der Waals surface area (Å²) in [4.78, 5) is 24.5. The van der Waals surface area contributed by atoms with Gasteiger partial charge in [0, 0.05) is 12.1 Å². The number of carbonyl (C=O) groups is 1. The average molecular weight is 415 g/mol. The van der Waals surface area contributed by atoms with E-state index in [0.29, 0.717) is 23.1 Å². The molecule has 1 aliphatic rings. The van der Waals surface area contributed by atoms with Gasteiger partial charge in [0.15, 0.2) is 5.11 Å². The highest BCUT2D eigenvalue weighted by atomic mass is 32.1. The van der Waals surface area contributed by atoms with Gasteiger partial charge in [0.1, 0.15) is 23.8 Å². The highest BCUT2D eigenvalue weighted by molar-refractivity contribution is 7.80. The van der Waals surface area contributed by atoms with Gasteiger partial charge in [-0.1, -0.05) is 19.4 Å². The summed E-state index contributed by atoms with van der Waals surface area (Å²) in [7, 11) is 1.55. The minimum absolute atomic E-state index is 0.0799. The van der Waals surface area contributed by atoms with Crippen LogP contribution in [-0.4, -0.2) is 44.3 Å². The summed E-state index contributed by atoms with van der Waals surface area (Å²) in [6, 6.07) is 5.46. The second kappa shape index (κ2) is 8.82. The van der Waals surface area contributed by atoms with Crippen LogP contribution in [0.1, 0.15) is 30.9 Å². The molecule has 0 bridgehead atoms. The molecule has 0 spiro atoms. The summed E-state index contributed by atoms with van der Waals surface area (Å²) >= 11 is 5.27. The number of ether oxygens (including phenoxy) is 1. The van der Waals surface area contributed by atoms with Gasteiger partial charge in [0.05, 0.1) is 18.6 Å². The van der Waals surface area contributed by atoms with Gasteiger partial charge in [-0.25, -0.2) is 0 Å². The Morgan fingerprint density at radius 2 is 2.21 bits per heavy atom. The van der Waals surface area contributed by atoms with Gasteiger partial charge < -0.3 is 10.1 Å². The van der Waals surface area contributed by atoms with E-state index in [0.717, 1.165) is 24.0 Å². The lowest BCUT2D eigenvalue weighted by atomic mass is 10.1. The highest BCUT2D eigenvalue weighted by Crippen LogP contribution is 2.24. The third kappa shape index (κ3) is 4.60. The van der Waals surface area contributed by atoms with Crippen LogP contribution in [0.2, 0.25) is 0 Å². The molecule has 2 aromatic rings. The number of benzene rings is 1. The Hall–Kier alpha value is -3.27. The van der Waals surface area contributed by atoms with Crippen molar-refractivity contribution in [3.63, 3.8) is 0 Å². The summed E-state index contributed by atoms with van der Waals surface area (Å²) in [6.45, 7) is 2.93. The minimum Gasteiger partial charge on any atom is -0.496 e. The zero-order valence-electron chi connectivity index (χ0n) is 16.1. The normalized spacial score (nSPS) is 15.1. The third-order valence-electron chi connectivity index (χ3n) is 4.48. The average Bonchev–Trinajstić information content (AvgIpc) is 3.26. The van der Waals surface area contributed by atoms with Crippen LogP contribution in [0.15, 0.2) is 36.3 Å². The molecule has 0 radical (unpaired) electrons. The van der Waals surface area contributed by atoms with Crippen LogP contribution in [-0.2, 0) is 11.3 Å². The van der Waals surface area contributed by atoms with Crippen LogP contribution in [0.5, 0.6) is 5.75 Å². The van der Waals surface area contributed by atoms with Gasteiger partial charge in [-0.05, 0) is 42.4 Å². The first-order valence-corrected chi connectivity index (χ1v) is 9.52. The van der Waals surface area contributed by atoms with Crippen LogP contribution in [0.3, 0.4) is 0 Å². The molecule has 1 aromatic heterocycles. The van der Waals surface area contributed by atoms with E-state index in [4.69, 9.17) is 17.0 Å². The van der Waals surface area contributed by atoms with Crippen molar-refractivity contribution in [2.45, 2.75) is 26.3 Å². The molecule has 29 heavy (non-hydrogen) atoms. The molecule has 1 aromatic carbocycles. The smallest absolute Gasteiger partial charge is 0.307 e. The molecule has 9 nitrogen and oxygen atoms in total. The number of aromatic nitrogens is 2. The van der Waals surface area contributed by atoms with E-state index in [1.165, 1.54) is 17.1 Å². The first-order chi connectivity index (χ1) is 13.9. The first-order valence-electron chi connectivity index (χ1n) is 9.11. The molecule has 0 saturated carbocycles.